The van der Waals surface area contributed by atoms with Gasteiger partial charge in [-0.1, -0.05) is 133 Å². The summed E-state index contributed by atoms with van der Waals surface area (Å²) in [6.45, 7) is 4.10. The van der Waals surface area contributed by atoms with Crippen LogP contribution in [-0.4, -0.2) is 57.3 Å². The summed E-state index contributed by atoms with van der Waals surface area (Å²) >= 11 is 0. The molecule has 0 saturated carbocycles. The van der Waals surface area contributed by atoms with E-state index in [9.17, 15) is 25.2 Å². The SMILES string of the molecule is CCCCC/C=C\C/C=C\C/C=C\CC(O)C(O)CCCC(=O)N[C@@H](CO)[C@H](O)/C=C/CCCCCCCCCCCC. The van der Waals surface area contributed by atoms with E-state index < -0.39 is 24.4 Å². The molecule has 0 saturated heterocycles. The topological polar surface area (TPSA) is 110 Å². The van der Waals surface area contributed by atoms with Gasteiger partial charge in [-0.15, -0.1) is 0 Å². The fourth-order valence-electron chi connectivity index (χ4n) is 4.87. The van der Waals surface area contributed by atoms with Gasteiger partial charge in [0, 0.05) is 6.42 Å². The Bertz CT molecular complexity index is 733. The summed E-state index contributed by atoms with van der Waals surface area (Å²) < 4.78 is 0. The second-order valence-corrected chi connectivity index (χ2v) is 11.9. The van der Waals surface area contributed by atoms with E-state index in [0.717, 1.165) is 32.1 Å². The van der Waals surface area contributed by atoms with Crippen LogP contribution in [0.2, 0.25) is 0 Å². The Kier molecular flexibility index (Phi) is 30.4. The molecule has 0 fully saturated rings. The Balaban J connectivity index is 3.98. The molecule has 0 heterocycles. The fourth-order valence-corrected chi connectivity index (χ4v) is 4.87. The minimum absolute atomic E-state index is 0.156. The molecule has 5 N–H and O–H groups in total. The quantitative estimate of drug-likeness (QED) is 0.0421. The van der Waals surface area contributed by atoms with Gasteiger partial charge in [-0.25, -0.2) is 0 Å². The maximum Gasteiger partial charge on any atom is 0.220 e. The zero-order chi connectivity index (χ0) is 31.8. The third-order valence-corrected chi connectivity index (χ3v) is 7.76. The molecule has 0 radical (unpaired) electrons. The van der Waals surface area contributed by atoms with Gasteiger partial charge in [0.2, 0.25) is 5.91 Å². The average molecular weight is 606 g/mol. The standard InChI is InChI=1S/C37H67NO5/c1-3-5-7-9-11-13-15-17-19-21-23-25-28-34(40)33(32-39)38-37(43)31-27-30-36(42)35(41)29-26-24-22-20-18-16-14-12-10-8-6-4-2/h12,14,18,20,24-26,28,33-36,39-42H,3-11,13,15-17,19,21-23,27,29-32H2,1-2H3,(H,38,43)/b14-12-,20-18-,26-24-,28-25+/t33-,34+,35?,36?/m0/s1. The van der Waals surface area contributed by atoms with Gasteiger partial charge in [0.1, 0.15) is 0 Å². The van der Waals surface area contributed by atoms with Crippen LogP contribution in [0.5, 0.6) is 0 Å². The van der Waals surface area contributed by atoms with E-state index in [0.29, 0.717) is 19.3 Å². The Morgan fingerprint density at radius 2 is 1.14 bits per heavy atom. The van der Waals surface area contributed by atoms with E-state index in [1.54, 1.807) is 6.08 Å². The summed E-state index contributed by atoms with van der Waals surface area (Å²) in [7, 11) is 0. The van der Waals surface area contributed by atoms with Crippen molar-refractivity contribution in [3.8, 4) is 0 Å². The van der Waals surface area contributed by atoms with Crippen LogP contribution < -0.4 is 5.32 Å². The lowest BCUT2D eigenvalue weighted by Gasteiger charge is -2.20. The summed E-state index contributed by atoms with van der Waals surface area (Å²) in [5, 5.41) is 43.1. The Hall–Kier alpha value is -1.73. The van der Waals surface area contributed by atoms with Crippen molar-refractivity contribution in [2.45, 2.75) is 173 Å². The first kappa shape index (κ1) is 41.3. The molecular weight excluding hydrogens is 538 g/mol. The molecule has 0 aliphatic heterocycles. The lowest BCUT2D eigenvalue weighted by molar-refractivity contribution is -0.123. The normalized spacial score (nSPS) is 15.2. The van der Waals surface area contributed by atoms with E-state index in [1.807, 2.05) is 18.2 Å². The number of hydrogen-bond donors (Lipinski definition) is 5. The van der Waals surface area contributed by atoms with Gasteiger partial charge >= 0.3 is 0 Å². The maximum absolute atomic E-state index is 12.3. The van der Waals surface area contributed by atoms with Crippen LogP contribution in [0.15, 0.2) is 48.6 Å². The molecule has 0 bridgehead atoms. The van der Waals surface area contributed by atoms with Crippen LogP contribution in [0, 0.1) is 0 Å². The molecule has 0 aromatic rings. The number of aliphatic hydroxyl groups is 4. The molecule has 4 atom stereocenters. The number of aliphatic hydroxyl groups excluding tert-OH is 4. The second-order valence-electron chi connectivity index (χ2n) is 11.9. The minimum Gasteiger partial charge on any atom is -0.394 e. The van der Waals surface area contributed by atoms with Crippen molar-refractivity contribution >= 4 is 5.91 Å². The third kappa shape index (κ3) is 27.5. The second kappa shape index (κ2) is 31.7. The molecule has 0 aliphatic carbocycles. The predicted octanol–water partition coefficient (Wildman–Crippen LogP) is 8.00. The van der Waals surface area contributed by atoms with Gasteiger partial charge in [-0.2, -0.15) is 0 Å². The molecular formula is C37H67NO5. The van der Waals surface area contributed by atoms with Crippen LogP contribution in [-0.2, 0) is 4.79 Å². The van der Waals surface area contributed by atoms with Gasteiger partial charge in [0.05, 0.1) is 31.0 Å². The average Bonchev–Trinajstić information content (AvgIpc) is 3.00. The van der Waals surface area contributed by atoms with Crippen molar-refractivity contribution in [1.82, 2.24) is 5.32 Å². The van der Waals surface area contributed by atoms with Crippen molar-refractivity contribution in [2.24, 2.45) is 0 Å². The van der Waals surface area contributed by atoms with Crippen molar-refractivity contribution in [1.29, 1.82) is 0 Å². The highest BCUT2D eigenvalue weighted by molar-refractivity contribution is 5.76. The summed E-state index contributed by atoms with van der Waals surface area (Å²) in [4.78, 5) is 12.3. The Morgan fingerprint density at radius 1 is 0.628 bits per heavy atom. The van der Waals surface area contributed by atoms with Crippen LogP contribution in [0.4, 0.5) is 0 Å². The zero-order valence-corrected chi connectivity index (χ0v) is 27.7. The predicted molar refractivity (Wildman–Crippen MR) is 182 cm³/mol. The fraction of sp³-hybridized carbons (Fsp3) is 0.757. The first-order chi connectivity index (χ1) is 21.0. The lowest BCUT2D eigenvalue weighted by atomic mass is 10.0. The van der Waals surface area contributed by atoms with E-state index in [4.69, 9.17) is 0 Å². The molecule has 0 rings (SSSR count). The summed E-state index contributed by atoms with van der Waals surface area (Å²) in [5.74, 6) is -0.287. The summed E-state index contributed by atoms with van der Waals surface area (Å²) in [6, 6.07) is -0.757. The number of hydrogen-bond acceptors (Lipinski definition) is 5. The molecule has 2 unspecified atom stereocenters. The molecule has 1 amide bonds. The number of carbonyl (C=O) groups excluding carboxylic acids is 1. The number of nitrogens with one attached hydrogen (secondary N) is 1. The first-order valence-electron chi connectivity index (χ1n) is 17.5. The van der Waals surface area contributed by atoms with Crippen molar-refractivity contribution < 1.29 is 25.2 Å². The van der Waals surface area contributed by atoms with Crippen molar-refractivity contribution in [2.75, 3.05) is 6.61 Å². The van der Waals surface area contributed by atoms with E-state index in [1.165, 1.54) is 77.0 Å². The molecule has 6 heteroatoms. The van der Waals surface area contributed by atoms with Gasteiger partial charge in [0.25, 0.3) is 0 Å². The van der Waals surface area contributed by atoms with Crippen LogP contribution in [0.1, 0.15) is 149 Å². The highest BCUT2D eigenvalue weighted by Gasteiger charge is 2.19. The third-order valence-electron chi connectivity index (χ3n) is 7.76. The molecule has 0 spiro atoms. The van der Waals surface area contributed by atoms with Crippen molar-refractivity contribution in [3.05, 3.63) is 48.6 Å². The molecule has 0 aromatic carbocycles. The monoisotopic (exact) mass is 606 g/mol. The number of carbonyl (C=O) groups is 1. The highest BCUT2D eigenvalue weighted by atomic mass is 16.3. The van der Waals surface area contributed by atoms with E-state index >= 15 is 0 Å². The van der Waals surface area contributed by atoms with Crippen LogP contribution in [0.25, 0.3) is 0 Å². The molecule has 250 valence electrons. The lowest BCUT2D eigenvalue weighted by Crippen LogP contribution is -2.45. The van der Waals surface area contributed by atoms with E-state index in [-0.39, 0.29) is 18.9 Å². The zero-order valence-electron chi connectivity index (χ0n) is 27.7. The largest absolute Gasteiger partial charge is 0.394 e. The summed E-state index contributed by atoms with van der Waals surface area (Å²) in [5.41, 5.74) is 0. The van der Waals surface area contributed by atoms with E-state index in [2.05, 4.69) is 43.5 Å². The highest BCUT2D eigenvalue weighted by Crippen LogP contribution is 2.12. The molecule has 0 aliphatic rings. The van der Waals surface area contributed by atoms with Crippen molar-refractivity contribution in [3.63, 3.8) is 0 Å². The minimum atomic E-state index is -0.946. The van der Waals surface area contributed by atoms with Gasteiger partial charge in [-0.3, -0.25) is 4.79 Å². The van der Waals surface area contributed by atoms with Gasteiger partial charge < -0.3 is 25.7 Å². The molecule has 0 aromatic heterocycles. The Labute approximate surface area is 264 Å². The number of unbranched alkanes of at least 4 members (excludes halogenated alkanes) is 13. The Morgan fingerprint density at radius 3 is 1.77 bits per heavy atom. The molecule has 43 heavy (non-hydrogen) atoms. The van der Waals surface area contributed by atoms with Gasteiger partial charge in [0.15, 0.2) is 0 Å². The smallest absolute Gasteiger partial charge is 0.220 e. The first-order valence-corrected chi connectivity index (χ1v) is 17.5. The molecule has 6 nitrogen and oxygen atoms in total. The number of allylic oxidation sites excluding steroid dienone is 6. The van der Waals surface area contributed by atoms with Gasteiger partial charge in [-0.05, 0) is 57.8 Å². The van der Waals surface area contributed by atoms with Crippen LogP contribution in [0.3, 0.4) is 0 Å². The van der Waals surface area contributed by atoms with Crippen LogP contribution >= 0.6 is 0 Å². The summed E-state index contributed by atoms with van der Waals surface area (Å²) in [6.07, 6.45) is 35.0. The number of amides is 1. The maximum atomic E-state index is 12.3. The number of rotatable bonds is 30.